The van der Waals surface area contributed by atoms with Crippen LogP contribution in [-0.4, -0.2) is 28.6 Å². The number of benzene rings is 2. The van der Waals surface area contributed by atoms with Crippen LogP contribution in [0.15, 0.2) is 58.3 Å². The van der Waals surface area contributed by atoms with Gasteiger partial charge in [-0.3, -0.25) is 4.90 Å². The first-order valence-electron chi connectivity index (χ1n) is 9.07. The van der Waals surface area contributed by atoms with Gasteiger partial charge in [0, 0.05) is 21.9 Å². The minimum atomic E-state index is -0.881. The van der Waals surface area contributed by atoms with Gasteiger partial charge in [0.25, 0.3) is 0 Å². The third kappa shape index (κ3) is 3.60. The molecule has 2 aliphatic rings. The molecule has 2 aromatic carbocycles. The molecule has 2 aliphatic heterocycles. The molecule has 0 amide bonds. The molecule has 130 valence electrons. The van der Waals surface area contributed by atoms with E-state index < -0.39 is 5.97 Å². The van der Waals surface area contributed by atoms with Gasteiger partial charge >= 0.3 is 5.97 Å². The van der Waals surface area contributed by atoms with Gasteiger partial charge in [0.15, 0.2) is 0 Å². The molecule has 2 atom stereocenters. The van der Waals surface area contributed by atoms with Gasteiger partial charge in [0.2, 0.25) is 0 Å². The van der Waals surface area contributed by atoms with E-state index in [2.05, 4.69) is 29.2 Å². The van der Waals surface area contributed by atoms with Crippen LogP contribution >= 0.6 is 11.8 Å². The summed E-state index contributed by atoms with van der Waals surface area (Å²) in [6.07, 6.45) is 6.74. The molecule has 2 aromatic rings. The summed E-state index contributed by atoms with van der Waals surface area (Å²) in [4.78, 5) is 15.9. The Morgan fingerprint density at radius 3 is 2.28 bits per heavy atom. The molecule has 2 unspecified atom stereocenters. The highest BCUT2D eigenvalue weighted by Gasteiger charge is 2.35. The summed E-state index contributed by atoms with van der Waals surface area (Å²) in [7, 11) is 0. The first-order chi connectivity index (χ1) is 12.2. The Labute approximate surface area is 153 Å². The van der Waals surface area contributed by atoms with Gasteiger partial charge in [-0.15, -0.1) is 0 Å². The van der Waals surface area contributed by atoms with Crippen molar-refractivity contribution in [2.75, 3.05) is 6.54 Å². The minimum absolute atomic E-state index is 0.331. The number of nitrogens with zero attached hydrogens (tertiary/aromatic N) is 1. The third-order valence-corrected chi connectivity index (χ3v) is 6.46. The zero-order valence-corrected chi connectivity index (χ0v) is 15.0. The van der Waals surface area contributed by atoms with Crippen LogP contribution in [0.2, 0.25) is 0 Å². The highest BCUT2D eigenvalue weighted by atomic mass is 32.2. The number of carboxylic acid groups (broad SMARTS) is 1. The maximum atomic E-state index is 10.9. The lowest BCUT2D eigenvalue weighted by Crippen LogP contribution is -2.35. The summed E-state index contributed by atoms with van der Waals surface area (Å²) in [6, 6.07) is 17.4. The maximum Gasteiger partial charge on any atom is 0.335 e. The third-order valence-electron chi connectivity index (χ3n) is 5.45. The number of piperidine rings is 1. The Balaban J connectivity index is 1.44. The van der Waals surface area contributed by atoms with E-state index in [1.165, 1.54) is 49.1 Å². The zero-order valence-electron chi connectivity index (χ0n) is 14.2. The van der Waals surface area contributed by atoms with E-state index in [0.29, 0.717) is 11.6 Å². The number of rotatable bonds is 4. The van der Waals surface area contributed by atoms with Crippen LogP contribution in [0.4, 0.5) is 0 Å². The molecule has 4 heteroatoms. The molecule has 3 nitrogen and oxygen atoms in total. The van der Waals surface area contributed by atoms with Crippen LogP contribution in [0.1, 0.15) is 54.1 Å². The molecule has 4 rings (SSSR count). The molecule has 2 saturated heterocycles. The second kappa shape index (κ2) is 7.22. The Bertz CT molecular complexity index is 741. The highest BCUT2D eigenvalue weighted by molar-refractivity contribution is 7.99. The van der Waals surface area contributed by atoms with Crippen molar-refractivity contribution >= 4 is 17.7 Å². The van der Waals surface area contributed by atoms with Crippen molar-refractivity contribution in [1.29, 1.82) is 0 Å². The van der Waals surface area contributed by atoms with E-state index in [-0.39, 0.29) is 0 Å². The number of fused-ring (bicyclic) bond motifs is 1. The molecule has 0 saturated carbocycles. The Morgan fingerprint density at radius 1 is 0.920 bits per heavy atom. The number of carbonyl (C=O) groups is 1. The summed E-state index contributed by atoms with van der Waals surface area (Å²) in [5, 5.41) is 8.97. The van der Waals surface area contributed by atoms with Crippen LogP contribution in [0.25, 0.3) is 0 Å². The first-order valence-corrected chi connectivity index (χ1v) is 9.89. The lowest BCUT2D eigenvalue weighted by Gasteiger charge is -2.34. The summed E-state index contributed by atoms with van der Waals surface area (Å²) >= 11 is 1.68. The lowest BCUT2D eigenvalue weighted by molar-refractivity contribution is 0.0697. The topological polar surface area (TPSA) is 40.5 Å². The summed E-state index contributed by atoms with van der Waals surface area (Å²) in [5.41, 5.74) is 1.77. The number of aromatic carboxylic acids is 1. The fourth-order valence-electron chi connectivity index (χ4n) is 4.18. The van der Waals surface area contributed by atoms with Crippen LogP contribution in [0, 0.1) is 0 Å². The van der Waals surface area contributed by atoms with Crippen molar-refractivity contribution in [3.8, 4) is 0 Å². The normalized spacial score (nSPS) is 23.4. The summed E-state index contributed by atoms with van der Waals surface area (Å²) < 4.78 is 0. The lowest BCUT2D eigenvalue weighted by atomic mass is 10.0. The molecule has 25 heavy (non-hydrogen) atoms. The standard InChI is InChI=1S/C21H23NO2S/c23-21(24)16-6-11-19(12-7-16)25-18-9-4-15(5-10-18)20-13-8-17-3-1-2-14-22(17)20/h4-7,9-12,17,20H,1-3,8,13-14H2,(H,23,24). The highest BCUT2D eigenvalue weighted by Crippen LogP contribution is 2.40. The van der Waals surface area contributed by atoms with E-state index in [0.717, 1.165) is 10.9 Å². The molecule has 1 N–H and O–H groups in total. The second-order valence-corrected chi connectivity index (χ2v) is 8.13. The minimum Gasteiger partial charge on any atom is -0.478 e. The van der Waals surface area contributed by atoms with E-state index in [1.807, 2.05) is 12.1 Å². The molecule has 0 aromatic heterocycles. The summed E-state index contributed by atoms with van der Waals surface area (Å²) in [6.45, 7) is 1.25. The number of carboxylic acids is 1. The maximum absolute atomic E-state index is 10.9. The summed E-state index contributed by atoms with van der Waals surface area (Å²) in [5.74, 6) is -0.881. The molecule has 0 radical (unpaired) electrons. The van der Waals surface area contributed by atoms with Crippen LogP contribution in [0.3, 0.4) is 0 Å². The largest absolute Gasteiger partial charge is 0.478 e. The van der Waals surface area contributed by atoms with Gasteiger partial charge in [-0.05, 0) is 74.2 Å². The Kier molecular flexibility index (Phi) is 4.82. The van der Waals surface area contributed by atoms with Crippen molar-refractivity contribution < 1.29 is 9.90 Å². The van der Waals surface area contributed by atoms with Crippen molar-refractivity contribution in [3.63, 3.8) is 0 Å². The number of hydrogen-bond donors (Lipinski definition) is 1. The van der Waals surface area contributed by atoms with Crippen LogP contribution in [-0.2, 0) is 0 Å². The van der Waals surface area contributed by atoms with Crippen molar-refractivity contribution in [2.45, 2.75) is 54.0 Å². The Morgan fingerprint density at radius 2 is 1.60 bits per heavy atom. The molecule has 0 spiro atoms. The Hall–Kier alpha value is -1.78. The number of hydrogen-bond acceptors (Lipinski definition) is 3. The van der Waals surface area contributed by atoms with Gasteiger partial charge in [-0.2, -0.15) is 0 Å². The van der Waals surface area contributed by atoms with E-state index in [1.54, 1.807) is 23.9 Å². The first kappa shape index (κ1) is 16.7. The van der Waals surface area contributed by atoms with E-state index in [4.69, 9.17) is 5.11 Å². The van der Waals surface area contributed by atoms with E-state index in [9.17, 15) is 4.79 Å². The van der Waals surface area contributed by atoms with Gasteiger partial charge < -0.3 is 5.11 Å². The van der Waals surface area contributed by atoms with E-state index >= 15 is 0 Å². The predicted molar refractivity (Wildman–Crippen MR) is 100 cm³/mol. The molecular formula is C21H23NO2S. The molecule has 2 fully saturated rings. The van der Waals surface area contributed by atoms with Crippen molar-refractivity contribution in [2.24, 2.45) is 0 Å². The van der Waals surface area contributed by atoms with Crippen molar-refractivity contribution in [3.05, 3.63) is 59.7 Å². The van der Waals surface area contributed by atoms with Crippen LogP contribution < -0.4 is 0 Å². The fourth-order valence-corrected chi connectivity index (χ4v) is 4.99. The quantitative estimate of drug-likeness (QED) is 0.817. The molecule has 0 bridgehead atoms. The van der Waals surface area contributed by atoms with Crippen LogP contribution in [0.5, 0.6) is 0 Å². The predicted octanol–water partition coefficient (Wildman–Crippen LogP) is 5.23. The smallest absolute Gasteiger partial charge is 0.335 e. The van der Waals surface area contributed by atoms with Crippen molar-refractivity contribution in [1.82, 2.24) is 4.90 Å². The van der Waals surface area contributed by atoms with Gasteiger partial charge in [-0.1, -0.05) is 30.3 Å². The van der Waals surface area contributed by atoms with Gasteiger partial charge in [0.05, 0.1) is 5.56 Å². The average molecular weight is 353 g/mol. The second-order valence-electron chi connectivity index (χ2n) is 6.98. The SMILES string of the molecule is O=C(O)c1ccc(Sc2ccc(C3CCC4CCCCN43)cc2)cc1. The van der Waals surface area contributed by atoms with Gasteiger partial charge in [-0.25, -0.2) is 4.79 Å². The zero-order chi connectivity index (χ0) is 17.2. The molecule has 0 aliphatic carbocycles. The average Bonchev–Trinajstić information content (AvgIpc) is 3.07. The molecular weight excluding hydrogens is 330 g/mol. The molecule has 2 heterocycles. The monoisotopic (exact) mass is 353 g/mol. The van der Waals surface area contributed by atoms with Gasteiger partial charge in [0.1, 0.15) is 0 Å². The fraction of sp³-hybridized carbons (Fsp3) is 0.381.